The smallest absolute Gasteiger partial charge is 0.222 e. The van der Waals surface area contributed by atoms with Gasteiger partial charge in [0.2, 0.25) is 5.95 Å². The van der Waals surface area contributed by atoms with Gasteiger partial charge in [0.05, 0.1) is 4.47 Å². The van der Waals surface area contributed by atoms with Gasteiger partial charge in [-0.05, 0) is 34.3 Å². The average molecular weight is 347 g/mol. The van der Waals surface area contributed by atoms with E-state index in [9.17, 15) is 0 Å². The number of aromatic nitrogens is 2. The predicted octanol–water partition coefficient (Wildman–Crippen LogP) is 3.32. The summed E-state index contributed by atoms with van der Waals surface area (Å²) in [5.41, 5.74) is 1.39. The van der Waals surface area contributed by atoms with Crippen LogP contribution in [0.15, 0.2) is 47.2 Å². The quantitative estimate of drug-likeness (QED) is 0.921. The van der Waals surface area contributed by atoms with Gasteiger partial charge in [0.15, 0.2) is 0 Å². The molecular weight excluding hydrogens is 328 g/mol. The summed E-state index contributed by atoms with van der Waals surface area (Å²) < 4.78 is 0.908. The average Bonchev–Trinajstić information content (AvgIpc) is 2.53. The first kappa shape index (κ1) is 14.5. The molecule has 1 fully saturated rings. The van der Waals surface area contributed by atoms with Crippen molar-refractivity contribution in [1.82, 2.24) is 14.9 Å². The maximum atomic E-state index is 4.28. The first-order valence-corrected chi connectivity index (χ1v) is 8.09. The molecule has 0 aliphatic carbocycles. The van der Waals surface area contributed by atoms with E-state index in [1.54, 1.807) is 12.4 Å². The molecule has 3 rings (SSSR count). The van der Waals surface area contributed by atoms with E-state index >= 15 is 0 Å². The number of nitrogens with one attached hydrogen (secondary N) is 1. The van der Waals surface area contributed by atoms with Crippen LogP contribution in [-0.4, -0.2) is 34.0 Å². The van der Waals surface area contributed by atoms with Gasteiger partial charge in [0, 0.05) is 38.1 Å². The zero-order valence-electron chi connectivity index (χ0n) is 11.9. The third-order valence-corrected chi connectivity index (χ3v) is 4.20. The lowest BCUT2D eigenvalue weighted by Gasteiger charge is -2.32. The third-order valence-electron chi connectivity index (χ3n) is 3.79. The molecule has 0 unspecified atom stereocenters. The molecule has 1 aromatic heterocycles. The molecule has 1 saturated heterocycles. The Hall–Kier alpha value is -1.46. The number of halogens is 1. The number of likely N-dealkylation sites (tertiary alicyclic amines) is 1. The Morgan fingerprint density at radius 2 is 1.76 bits per heavy atom. The van der Waals surface area contributed by atoms with Crippen molar-refractivity contribution in [2.75, 3.05) is 18.4 Å². The lowest BCUT2D eigenvalue weighted by molar-refractivity contribution is 0.211. The topological polar surface area (TPSA) is 41.1 Å². The van der Waals surface area contributed by atoms with Crippen LogP contribution in [0.1, 0.15) is 18.4 Å². The van der Waals surface area contributed by atoms with Crippen LogP contribution in [-0.2, 0) is 6.54 Å². The van der Waals surface area contributed by atoms with Crippen LogP contribution in [0.2, 0.25) is 0 Å². The number of rotatable bonds is 4. The molecule has 2 aromatic rings. The Morgan fingerprint density at radius 3 is 2.43 bits per heavy atom. The van der Waals surface area contributed by atoms with Gasteiger partial charge in [-0.15, -0.1) is 0 Å². The Morgan fingerprint density at radius 1 is 1.10 bits per heavy atom. The van der Waals surface area contributed by atoms with Crippen LogP contribution in [0, 0.1) is 0 Å². The first-order valence-electron chi connectivity index (χ1n) is 7.30. The van der Waals surface area contributed by atoms with Crippen molar-refractivity contribution in [3.05, 3.63) is 52.8 Å². The molecule has 1 aliphatic rings. The molecule has 0 atom stereocenters. The van der Waals surface area contributed by atoms with Gasteiger partial charge >= 0.3 is 0 Å². The van der Waals surface area contributed by atoms with Gasteiger partial charge in [0.25, 0.3) is 0 Å². The number of piperidine rings is 1. The fraction of sp³-hybridized carbons (Fsp3) is 0.375. The number of hydrogen-bond donors (Lipinski definition) is 1. The predicted molar refractivity (Wildman–Crippen MR) is 88.1 cm³/mol. The van der Waals surface area contributed by atoms with Crippen molar-refractivity contribution in [2.45, 2.75) is 25.4 Å². The summed E-state index contributed by atoms with van der Waals surface area (Å²) in [7, 11) is 0. The third kappa shape index (κ3) is 4.25. The Balaban J connectivity index is 1.47. The highest BCUT2D eigenvalue weighted by Gasteiger charge is 2.19. The van der Waals surface area contributed by atoms with Crippen LogP contribution >= 0.6 is 15.9 Å². The number of benzene rings is 1. The second-order valence-corrected chi connectivity index (χ2v) is 6.32. The van der Waals surface area contributed by atoms with Crippen molar-refractivity contribution in [3.63, 3.8) is 0 Å². The van der Waals surface area contributed by atoms with E-state index in [1.807, 2.05) is 0 Å². The van der Waals surface area contributed by atoms with E-state index in [2.05, 4.69) is 66.4 Å². The Kier molecular flexibility index (Phi) is 4.83. The highest BCUT2D eigenvalue weighted by atomic mass is 79.9. The van der Waals surface area contributed by atoms with Crippen LogP contribution in [0.25, 0.3) is 0 Å². The summed E-state index contributed by atoms with van der Waals surface area (Å²) >= 11 is 3.35. The van der Waals surface area contributed by atoms with Crippen LogP contribution < -0.4 is 5.32 Å². The second kappa shape index (κ2) is 7.00. The van der Waals surface area contributed by atoms with Crippen molar-refractivity contribution in [1.29, 1.82) is 0 Å². The van der Waals surface area contributed by atoms with Gasteiger partial charge in [-0.3, -0.25) is 4.90 Å². The molecule has 1 aliphatic heterocycles. The summed E-state index contributed by atoms with van der Waals surface area (Å²) in [6, 6.07) is 11.1. The van der Waals surface area contributed by atoms with Crippen molar-refractivity contribution >= 4 is 21.9 Å². The SMILES string of the molecule is Brc1cnc(NC2CCN(Cc3ccccc3)CC2)nc1. The van der Waals surface area contributed by atoms with E-state index in [1.165, 1.54) is 5.56 Å². The molecule has 0 amide bonds. The summed E-state index contributed by atoms with van der Waals surface area (Å²) in [5.74, 6) is 0.722. The van der Waals surface area contributed by atoms with E-state index in [-0.39, 0.29) is 0 Å². The second-order valence-electron chi connectivity index (χ2n) is 5.41. The molecule has 0 bridgehead atoms. The summed E-state index contributed by atoms with van der Waals surface area (Å²) in [6.07, 6.45) is 5.82. The summed E-state index contributed by atoms with van der Waals surface area (Å²) in [6.45, 7) is 3.27. The molecule has 4 nitrogen and oxygen atoms in total. The molecule has 0 saturated carbocycles. The fourth-order valence-electron chi connectivity index (χ4n) is 2.65. The molecule has 0 radical (unpaired) electrons. The van der Waals surface area contributed by atoms with Gasteiger partial charge in [0.1, 0.15) is 0 Å². The molecule has 21 heavy (non-hydrogen) atoms. The zero-order chi connectivity index (χ0) is 14.5. The van der Waals surface area contributed by atoms with Gasteiger partial charge < -0.3 is 5.32 Å². The van der Waals surface area contributed by atoms with E-state index in [0.717, 1.165) is 42.9 Å². The van der Waals surface area contributed by atoms with Gasteiger partial charge in [-0.2, -0.15) is 0 Å². The van der Waals surface area contributed by atoms with Crippen LogP contribution in [0.4, 0.5) is 5.95 Å². The molecular formula is C16H19BrN4. The van der Waals surface area contributed by atoms with Crippen LogP contribution in [0.5, 0.6) is 0 Å². The monoisotopic (exact) mass is 346 g/mol. The first-order chi connectivity index (χ1) is 10.3. The Labute approximate surface area is 133 Å². The highest BCUT2D eigenvalue weighted by molar-refractivity contribution is 9.10. The van der Waals surface area contributed by atoms with Gasteiger partial charge in [-0.1, -0.05) is 30.3 Å². The maximum absolute atomic E-state index is 4.28. The van der Waals surface area contributed by atoms with E-state index in [0.29, 0.717) is 6.04 Å². The summed E-state index contributed by atoms with van der Waals surface area (Å²) in [4.78, 5) is 11.1. The van der Waals surface area contributed by atoms with Crippen molar-refractivity contribution in [2.24, 2.45) is 0 Å². The number of anilines is 1. The van der Waals surface area contributed by atoms with E-state index < -0.39 is 0 Å². The maximum Gasteiger partial charge on any atom is 0.222 e. The fourth-order valence-corrected chi connectivity index (χ4v) is 2.85. The lowest BCUT2D eigenvalue weighted by Crippen LogP contribution is -2.38. The minimum absolute atomic E-state index is 0.471. The minimum atomic E-state index is 0.471. The molecule has 1 aromatic carbocycles. The van der Waals surface area contributed by atoms with Crippen molar-refractivity contribution < 1.29 is 0 Å². The molecule has 1 N–H and O–H groups in total. The zero-order valence-corrected chi connectivity index (χ0v) is 13.5. The lowest BCUT2D eigenvalue weighted by atomic mass is 10.0. The molecule has 2 heterocycles. The molecule has 110 valence electrons. The Bertz CT molecular complexity index is 550. The number of nitrogens with zero attached hydrogens (tertiary/aromatic N) is 3. The molecule has 0 spiro atoms. The summed E-state index contributed by atoms with van der Waals surface area (Å²) in [5, 5.41) is 3.42. The normalized spacial score (nSPS) is 16.8. The molecule has 5 heteroatoms. The van der Waals surface area contributed by atoms with Crippen molar-refractivity contribution in [3.8, 4) is 0 Å². The van der Waals surface area contributed by atoms with Crippen LogP contribution in [0.3, 0.4) is 0 Å². The van der Waals surface area contributed by atoms with E-state index in [4.69, 9.17) is 0 Å². The largest absolute Gasteiger partial charge is 0.351 e. The highest BCUT2D eigenvalue weighted by Crippen LogP contribution is 2.17. The standard InChI is InChI=1S/C16H19BrN4/c17-14-10-18-16(19-11-14)20-15-6-8-21(9-7-15)12-13-4-2-1-3-5-13/h1-5,10-11,15H,6-9,12H2,(H,18,19,20). The van der Waals surface area contributed by atoms with Gasteiger partial charge in [-0.25, -0.2) is 9.97 Å². The minimum Gasteiger partial charge on any atom is -0.351 e. The number of hydrogen-bond acceptors (Lipinski definition) is 4.